The summed E-state index contributed by atoms with van der Waals surface area (Å²) in [7, 11) is 0. The predicted octanol–water partition coefficient (Wildman–Crippen LogP) is 2.56. The van der Waals surface area contributed by atoms with E-state index in [2.05, 4.69) is 29.2 Å². The van der Waals surface area contributed by atoms with Crippen LogP contribution in [0.1, 0.15) is 31.2 Å². The van der Waals surface area contributed by atoms with Gasteiger partial charge in [0.1, 0.15) is 0 Å². The minimum atomic E-state index is -0.695. The molecule has 1 aromatic carbocycles. The van der Waals surface area contributed by atoms with Gasteiger partial charge in [0.25, 0.3) is 0 Å². The Morgan fingerprint density at radius 2 is 2.06 bits per heavy atom. The van der Waals surface area contributed by atoms with Crippen LogP contribution in [0, 0.1) is 0 Å². The van der Waals surface area contributed by atoms with Crippen molar-refractivity contribution in [2.45, 2.75) is 38.1 Å². The van der Waals surface area contributed by atoms with Crippen molar-refractivity contribution in [1.82, 2.24) is 4.90 Å². The minimum absolute atomic E-state index is 0.255. The van der Waals surface area contributed by atoms with Gasteiger partial charge in [-0.3, -0.25) is 9.69 Å². The molecule has 18 heavy (non-hydrogen) atoms. The molecule has 0 radical (unpaired) electrons. The second-order valence-corrected chi connectivity index (χ2v) is 5.02. The average Bonchev–Trinajstić information content (AvgIpc) is 2.39. The SMILES string of the molecule is O=C(O)CCN1CCCCC1Cc1ccccc1. The van der Waals surface area contributed by atoms with Crippen LogP contribution >= 0.6 is 0 Å². The van der Waals surface area contributed by atoms with Gasteiger partial charge in [-0.2, -0.15) is 0 Å². The maximum Gasteiger partial charge on any atom is 0.304 e. The number of rotatable bonds is 5. The average molecular weight is 247 g/mol. The van der Waals surface area contributed by atoms with Crippen molar-refractivity contribution >= 4 is 5.97 Å². The lowest BCUT2D eigenvalue weighted by Crippen LogP contribution is -2.41. The maximum atomic E-state index is 10.7. The number of nitrogens with zero attached hydrogens (tertiary/aromatic N) is 1. The number of carbonyl (C=O) groups is 1. The number of carboxylic acid groups (broad SMARTS) is 1. The van der Waals surface area contributed by atoms with E-state index in [1.54, 1.807) is 0 Å². The van der Waals surface area contributed by atoms with Gasteiger partial charge in [0.05, 0.1) is 6.42 Å². The zero-order valence-corrected chi connectivity index (χ0v) is 10.7. The third-order valence-corrected chi connectivity index (χ3v) is 3.68. The second-order valence-electron chi connectivity index (χ2n) is 5.02. The van der Waals surface area contributed by atoms with E-state index < -0.39 is 5.97 Å². The van der Waals surface area contributed by atoms with Crippen molar-refractivity contribution in [1.29, 1.82) is 0 Å². The molecule has 1 heterocycles. The van der Waals surface area contributed by atoms with Crippen LogP contribution in [-0.2, 0) is 11.2 Å². The van der Waals surface area contributed by atoms with E-state index >= 15 is 0 Å². The molecule has 1 aliphatic heterocycles. The smallest absolute Gasteiger partial charge is 0.304 e. The molecule has 3 heteroatoms. The largest absolute Gasteiger partial charge is 0.481 e. The molecule has 1 aliphatic rings. The van der Waals surface area contributed by atoms with Crippen LogP contribution in [0.15, 0.2) is 30.3 Å². The Morgan fingerprint density at radius 3 is 2.78 bits per heavy atom. The summed E-state index contributed by atoms with van der Waals surface area (Å²) >= 11 is 0. The summed E-state index contributed by atoms with van der Waals surface area (Å²) in [5.74, 6) is -0.695. The van der Waals surface area contributed by atoms with E-state index in [4.69, 9.17) is 5.11 Å². The van der Waals surface area contributed by atoms with Gasteiger partial charge in [-0.25, -0.2) is 0 Å². The number of hydrogen-bond donors (Lipinski definition) is 1. The number of aliphatic carboxylic acids is 1. The van der Waals surface area contributed by atoms with E-state index in [0.29, 0.717) is 12.6 Å². The molecule has 1 unspecified atom stereocenters. The first-order valence-corrected chi connectivity index (χ1v) is 6.75. The minimum Gasteiger partial charge on any atom is -0.481 e. The van der Waals surface area contributed by atoms with Gasteiger partial charge in [0.2, 0.25) is 0 Å². The normalized spacial score (nSPS) is 20.8. The fourth-order valence-corrected chi connectivity index (χ4v) is 2.71. The van der Waals surface area contributed by atoms with E-state index in [0.717, 1.165) is 13.0 Å². The summed E-state index contributed by atoms with van der Waals surface area (Å²) < 4.78 is 0. The third-order valence-electron chi connectivity index (χ3n) is 3.68. The van der Waals surface area contributed by atoms with Crippen molar-refractivity contribution < 1.29 is 9.90 Å². The fourth-order valence-electron chi connectivity index (χ4n) is 2.71. The molecule has 0 aliphatic carbocycles. The maximum absolute atomic E-state index is 10.7. The molecule has 3 nitrogen and oxygen atoms in total. The monoisotopic (exact) mass is 247 g/mol. The Hall–Kier alpha value is -1.35. The highest BCUT2D eigenvalue weighted by Crippen LogP contribution is 2.20. The molecule has 2 rings (SSSR count). The highest BCUT2D eigenvalue weighted by molar-refractivity contribution is 5.66. The third kappa shape index (κ3) is 3.84. The Morgan fingerprint density at radius 1 is 1.28 bits per heavy atom. The highest BCUT2D eigenvalue weighted by atomic mass is 16.4. The molecule has 1 saturated heterocycles. The van der Waals surface area contributed by atoms with E-state index in [-0.39, 0.29) is 6.42 Å². The Kier molecular flexibility index (Phi) is 4.76. The summed E-state index contributed by atoms with van der Waals surface area (Å²) in [4.78, 5) is 13.0. The summed E-state index contributed by atoms with van der Waals surface area (Å²) in [6.45, 7) is 1.73. The fraction of sp³-hybridized carbons (Fsp3) is 0.533. The van der Waals surface area contributed by atoms with Gasteiger partial charge in [-0.15, -0.1) is 0 Å². The van der Waals surface area contributed by atoms with Crippen LogP contribution in [0.2, 0.25) is 0 Å². The zero-order chi connectivity index (χ0) is 12.8. The summed E-state index contributed by atoms with van der Waals surface area (Å²) in [6, 6.07) is 11.0. The zero-order valence-electron chi connectivity index (χ0n) is 10.7. The van der Waals surface area contributed by atoms with Crippen molar-refractivity contribution in [2.75, 3.05) is 13.1 Å². The first kappa shape index (κ1) is 13.1. The molecule has 0 amide bonds. The summed E-state index contributed by atoms with van der Waals surface area (Å²) in [5.41, 5.74) is 1.35. The quantitative estimate of drug-likeness (QED) is 0.869. The molecule has 1 aromatic rings. The number of hydrogen-bond acceptors (Lipinski definition) is 2. The van der Waals surface area contributed by atoms with Gasteiger partial charge in [0, 0.05) is 12.6 Å². The summed E-state index contributed by atoms with van der Waals surface area (Å²) in [5, 5.41) is 8.79. The molecule has 0 saturated carbocycles. The highest BCUT2D eigenvalue weighted by Gasteiger charge is 2.22. The van der Waals surface area contributed by atoms with E-state index in [9.17, 15) is 4.79 Å². The second kappa shape index (κ2) is 6.55. The Labute approximate surface area is 108 Å². The molecular weight excluding hydrogens is 226 g/mol. The van der Waals surface area contributed by atoms with Gasteiger partial charge in [0.15, 0.2) is 0 Å². The van der Waals surface area contributed by atoms with Crippen LogP contribution in [0.3, 0.4) is 0 Å². The Bertz CT molecular complexity index is 377. The molecular formula is C15H21NO2. The predicted molar refractivity (Wildman–Crippen MR) is 71.6 cm³/mol. The van der Waals surface area contributed by atoms with Crippen LogP contribution in [-0.4, -0.2) is 35.1 Å². The lowest BCUT2D eigenvalue weighted by Gasteiger charge is -2.35. The van der Waals surface area contributed by atoms with Crippen molar-refractivity contribution in [3.63, 3.8) is 0 Å². The van der Waals surface area contributed by atoms with Gasteiger partial charge in [-0.05, 0) is 31.4 Å². The standard InChI is InChI=1S/C15H21NO2/c17-15(18)9-11-16-10-5-4-8-14(16)12-13-6-2-1-3-7-13/h1-3,6-7,14H,4-5,8-12H2,(H,17,18). The topological polar surface area (TPSA) is 40.5 Å². The van der Waals surface area contributed by atoms with E-state index in [1.165, 1.54) is 24.8 Å². The number of piperidine rings is 1. The lowest BCUT2D eigenvalue weighted by atomic mass is 9.95. The van der Waals surface area contributed by atoms with Crippen molar-refractivity contribution in [3.8, 4) is 0 Å². The van der Waals surface area contributed by atoms with Crippen LogP contribution < -0.4 is 0 Å². The van der Waals surface area contributed by atoms with Crippen molar-refractivity contribution in [3.05, 3.63) is 35.9 Å². The van der Waals surface area contributed by atoms with Crippen LogP contribution in [0.25, 0.3) is 0 Å². The van der Waals surface area contributed by atoms with E-state index in [1.807, 2.05) is 6.07 Å². The molecule has 98 valence electrons. The molecule has 0 aromatic heterocycles. The Balaban J connectivity index is 1.93. The molecule has 1 fully saturated rings. The molecule has 1 atom stereocenters. The van der Waals surface area contributed by atoms with Crippen molar-refractivity contribution in [2.24, 2.45) is 0 Å². The molecule has 1 N–H and O–H groups in total. The van der Waals surface area contributed by atoms with Crippen LogP contribution in [0.5, 0.6) is 0 Å². The van der Waals surface area contributed by atoms with Gasteiger partial charge >= 0.3 is 5.97 Å². The molecule has 0 bridgehead atoms. The van der Waals surface area contributed by atoms with Crippen LogP contribution in [0.4, 0.5) is 0 Å². The summed E-state index contributed by atoms with van der Waals surface area (Å²) in [6.07, 6.45) is 4.95. The number of likely N-dealkylation sites (tertiary alicyclic amines) is 1. The first-order chi connectivity index (χ1) is 8.75. The molecule has 0 spiro atoms. The number of benzene rings is 1. The van der Waals surface area contributed by atoms with Gasteiger partial charge < -0.3 is 5.11 Å². The lowest BCUT2D eigenvalue weighted by molar-refractivity contribution is -0.137. The number of carboxylic acids is 1. The van der Waals surface area contributed by atoms with Gasteiger partial charge in [-0.1, -0.05) is 36.8 Å². The first-order valence-electron chi connectivity index (χ1n) is 6.75.